The number of nitrogens with one attached hydrogen (secondary N) is 1. The highest BCUT2D eigenvalue weighted by Gasteiger charge is 2.23. The van der Waals surface area contributed by atoms with Gasteiger partial charge in [-0.25, -0.2) is 9.97 Å². The third kappa shape index (κ3) is 10.9. The Hall–Kier alpha value is -5.93. The molecule has 2 aliphatic heterocycles. The van der Waals surface area contributed by atoms with Gasteiger partial charge in [-0.1, -0.05) is 47.5 Å². The van der Waals surface area contributed by atoms with Crippen LogP contribution in [0.15, 0.2) is 70.8 Å². The molecule has 0 saturated heterocycles. The van der Waals surface area contributed by atoms with Gasteiger partial charge in [0, 0.05) is 22.9 Å². The number of hydrogen-bond donors (Lipinski definition) is 3. The van der Waals surface area contributed by atoms with E-state index in [0.29, 0.717) is 27.0 Å². The number of hydrogen-bond acceptors (Lipinski definition) is 16. The van der Waals surface area contributed by atoms with Crippen LogP contribution < -0.4 is 20.6 Å². The van der Waals surface area contributed by atoms with Crippen LogP contribution in [0, 0.1) is 0 Å². The summed E-state index contributed by atoms with van der Waals surface area (Å²) in [6.45, 7) is 0.295. The number of aromatic amines is 1. The number of rotatable bonds is 9. The fourth-order valence-electron chi connectivity index (χ4n) is 5.26. The van der Waals surface area contributed by atoms with E-state index >= 15 is 0 Å². The summed E-state index contributed by atoms with van der Waals surface area (Å²) in [5.74, 6) is 1.11. The van der Waals surface area contributed by atoms with Crippen LogP contribution in [0.2, 0.25) is 10.0 Å². The number of aromatic nitrogens is 12. The maximum atomic E-state index is 12.5. The average Bonchev–Trinajstić information content (AvgIpc) is 3.86. The summed E-state index contributed by atoms with van der Waals surface area (Å²) in [6, 6.07) is 13.8. The lowest BCUT2D eigenvalue weighted by Crippen LogP contribution is -2.32. The van der Waals surface area contributed by atoms with Crippen molar-refractivity contribution in [1.29, 1.82) is 0 Å². The van der Waals surface area contributed by atoms with Crippen molar-refractivity contribution >= 4 is 46.4 Å². The molecule has 8 rings (SSSR count). The van der Waals surface area contributed by atoms with E-state index in [1.807, 2.05) is 0 Å². The molecule has 0 bridgehead atoms. The Bertz CT molecular complexity index is 2460. The Morgan fingerprint density at radius 1 is 0.719 bits per heavy atom. The zero-order valence-electron chi connectivity index (χ0n) is 29.5. The highest BCUT2D eigenvalue weighted by atomic mass is 35.5. The first-order valence-electron chi connectivity index (χ1n) is 16.9. The average molecular weight is 842 g/mol. The van der Waals surface area contributed by atoms with E-state index < -0.39 is 12.2 Å². The second-order valence-electron chi connectivity index (χ2n) is 12.3. The molecule has 4 aromatic heterocycles. The van der Waals surface area contributed by atoms with Crippen LogP contribution in [0.25, 0.3) is 0 Å². The Morgan fingerprint density at radius 2 is 1.23 bits per heavy atom. The molecule has 2 atom stereocenters. The van der Waals surface area contributed by atoms with E-state index in [1.54, 1.807) is 48.5 Å². The van der Waals surface area contributed by atoms with Crippen molar-refractivity contribution in [2.24, 2.45) is 0 Å². The van der Waals surface area contributed by atoms with Gasteiger partial charge >= 0.3 is 0 Å². The Labute approximate surface area is 336 Å². The predicted molar refractivity (Wildman–Crippen MR) is 199 cm³/mol. The summed E-state index contributed by atoms with van der Waals surface area (Å²) < 4.78 is 11.4. The second kappa shape index (κ2) is 18.8. The van der Waals surface area contributed by atoms with Crippen molar-refractivity contribution in [3.05, 3.63) is 126 Å². The third-order valence-corrected chi connectivity index (χ3v) is 8.83. The molecule has 6 heterocycles. The molecular weight excluding hydrogens is 811 g/mol. The number of carbonyl (C=O) groups excluding carboxylic acids is 2. The van der Waals surface area contributed by atoms with Crippen molar-refractivity contribution in [3.63, 3.8) is 0 Å². The van der Waals surface area contributed by atoms with Crippen molar-refractivity contribution in [1.82, 2.24) is 59.9 Å². The number of aliphatic hydroxyl groups is 2. The van der Waals surface area contributed by atoms with Gasteiger partial charge in [0.25, 0.3) is 11.1 Å². The smallest absolute Gasteiger partial charge is 0.261 e. The summed E-state index contributed by atoms with van der Waals surface area (Å²) in [7, 11) is 0. The topological polar surface area (TPSA) is 261 Å². The number of carbonyl (C=O) groups is 2. The van der Waals surface area contributed by atoms with Crippen LogP contribution >= 0.6 is 34.8 Å². The minimum Gasteiger partial charge on any atom is -0.469 e. The van der Waals surface area contributed by atoms with E-state index in [1.165, 1.54) is 26.8 Å². The number of fused-ring (bicyclic) bond motifs is 2. The van der Waals surface area contributed by atoms with Crippen LogP contribution in [-0.4, -0.2) is 94.9 Å². The molecule has 0 spiro atoms. The second-order valence-corrected chi connectivity index (χ2v) is 13.4. The number of tetrazole rings is 2. The van der Waals surface area contributed by atoms with Gasteiger partial charge in [-0.05, 0) is 45.8 Å². The molecule has 0 radical (unpaired) electrons. The molecule has 23 heteroatoms. The molecule has 296 valence electrons. The van der Waals surface area contributed by atoms with Crippen molar-refractivity contribution in [2.45, 2.75) is 50.6 Å². The number of alkyl halides is 1. The highest BCUT2D eigenvalue weighted by Crippen LogP contribution is 2.20. The fraction of sp³-hybridized carbons (Fsp3) is 0.294. The summed E-state index contributed by atoms with van der Waals surface area (Å²) in [6.07, 6.45) is 1.16. The largest absolute Gasteiger partial charge is 0.469 e. The monoisotopic (exact) mass is 840 g/mol. The highest BCUT2D eigenvalue weighted by molar-refractivity contribution is 6.30. The molecule has 2 aromatic carbocycles. The van der Waals surface area contributed by atoms with Gasteiger partial charge in [-0.15, -0.1) is 32.0 Å². The molecule has 20 nitrogen and oxygen atoms in total. The number of nitrogens with zero attached hydrogens (tertiary/aromatic N) is 11. The van der Waals surface area contributed by atoms with Crippen LogP contribution in [0.3, 0.4) is 0 Å². The van der Waals surface area contributed by atoms with E-state index in [9.17, 15) is 29.4 Å². The Morgan fingerprint density at radius 3 is 1.77 bits per heavy atom. The summed E-state index contributed by atoms with van der Waals surface area (Å²) >= 11 is 17.2. The van der Waals surface area contributed by atoms with Gasteiger partial charge < -0.3 is 24.7 Å². The minimum atomic E-state index is -0.837. The van der Waals surface area contributed by atoms with Crippen LogP contribution in [0.1, 0.15) is 46.1 Å². The fourth-order valence-corrected chi connectivity index (χ4v) is 5.62. The van der Waals surface area contributed by atoms with Gasteiger partial charge in [0.2, 0.25) is 11.8 Å². The maximum Gasteiger partial charge on any atom is 0.261 e. The number of H-pyrrole nitrogens is 1. The Kier molecular flexibility index (Phi) is 13.4. The number of ketones is 2. The number of aliphatic hydroxyl groups excluding tert-OH is 2. The van der Waals surface area contributed by atoms with E-state index in [4.69, 9.17) is 44.3 Å². The van der Waals surface area contributed by atoms with Gasteiger partial charge in [-0.3, -0.25) is 23.7 Å². The maximum absolute atomic E-state index is 12.5. The summed E-state index contributed by atoms with van der Waals surface area (Å²) in [5, 5.41) is 44.9. The quantitative estimate of drug-likeness (QED) is 0.173. The van der Waals surface area contributed by atoms with E-state index in [-0.39, 0.29) is 97.4 Å². The normalized spacial score (nSPS) is 14.1. The zero-order valence-corrected chi connectivity index (χ0v) is 31.8. The van der Waals surface area contributed by atoms with Gasteiger partial charge in [0.15, 0.2) is 23.2 Å². The van der Waals surface area contributed by atoms with Crippen LogP contribution in [-0.2, 0) is 47.9 Å². The molecule has 0 saturated carbocycles. The molecule has 0 unspecified atom stereocenters. The standard InChI is InChI=1S/C17H15ClN6O4.C10H10Cl2N4O.C7H6N2O3/c18-11-3-1-10(2-4-11)14(26)6-24-21-15(20-22-24)7-23-9-19-16-13(17(23)27)5-12(25)8-28-16;11-5-10-13-15-16(14-10)6-9(17)7-1-3-8(12)4-2-7;10-4-1-5-6(11)8-3-9-7(5)12-2-4/h1-4,9,14,26H,5-8H2;1-4,9,17H,5-6H2;3H,1-2H2,(H,8,9,11)/t14-;9-;/m00./s1. The summed E-state index contributed by atoms with van der Waals surface area (Å²) in [5.41, 5.74) is 1.30. The molecule has 57 heavy (non-hydrogen) atoms. The zero-order chi connectivity index (χ0) is 40.5. The van der Waals surface area contributed by atoms with Crippen molar-refractivity contribution in [3.8, 4) is 11.8 Å². The lowest BCUT2D eigenvalue weighted by molar-refractivity contribution is -0.122. The first-order chi connectivity index (χ1) is 27.4. The van der Waals surface area contributed by atoms with Crippen molar-refractivity contribution < 1.29 is 29.3 Å². The molecular formula is C34H31Cl3N12O8. The lowest BCUT2D eigenvalue weighted by Gasteiger charge is -2.15. The minimum absolute atomic E-state index is 0.00455. The van der Waals surface area contributed by atoms with Crippen LogP contribution in [0.5, 0.6) is 11.8 Å². The lowest BCUT2D eigenvalue weighted by atomic mass is 10.1. The van der Waals surface area contributed by atoms with E-state index in [0.717, 1.165) is 5.56 Å². The first kappa shape index (κ1) is 40.7. The first-order valence-corrected chi connectivity index (χ1v) is 18.1. The van der Waals surface area contributed by atoms with Gasteiger partial charge in [-0.2, -0.15) is 9.59 Å². The number of ether oxygens (including phenoxy) is 2. The molecule has 0 fully saturated rings. The van der Waals surface area contributed by atoms with Gasteiger partial charge in [0.05, 0.1) is 43.0 Å². The van der Waals surface area contributed by atoms with Gasteiger partial charge in [0.1, 0.15) is 31.7 Å². The molecule has 6 aromatic rings. The molecule has 3 N–H and O–H groups in total. The summed E-state index contributed by atoms with van der Waals surface area (Å²) in [4.78, 5) is 58.8. The van der Waals surface area contributed by atoms with Crippen LogP contribution in [0.4, 0.5) is 0 Å². The number of benzene rings is 2. The molecule has 0 amide bonds. The SMILES string of the molecule is O=C1COc2nc[nH]c(=O)c2C1.O=C1COc2ncn(Cc3nnn(C[C@H](O)c4ccc(Cl)cc4)n3)c(=O)c2C1.O[C@@H](Cn1nnc(CCl)n1)c1ccc(Cl)cc1. The van der Waals surface area contributed by atoms with E-state index in [2.05, 4.69) is 45.8 Å². The van der Waals surface area contributed by atoms with Crippen molar-refractivity contribution in [2.75, 3.05) is 13.2 Å². The number of Topliss-reactive ketones (excluding diaryl/α,β-unsaturated/α-hetero) is 2. The Balaban J connectivity index is 0.000000160. The predicted octanol–water partition coefficient (Wildman–Crippen LogP) is 1.24. The molecule has 0 aliphatic carbocycles. The third-order valence-electron chi connectivity index (χ3n) is 8.09. The molecule has 2 aliphatic rings. The number of halogens is 3.